The fraction of sp³-hybridized carbons (Fsp3) is 0.455. The molecule has 1 atom stereocenters. The molecule has 0 heterocycles. The van der Waals surface area contributed by atoms with Crippen molar-refractivity contribution in [3.8, 4) is 0 Å². The van der Waals surface area contributed by atoms with Crippen molar-refractivity contribution in [1.82, 2.24) is 0 Å². The molecule has 6 heteroatoms. The molecule has 0 nitrogen and oxygen atoms in total. The van der Waals surface area contributed by atoms with Crippen LogP contribution in [-0.4, -0.2) is 0 Å². The minimum atomic E-state index is -4.49. The number of benzene rings is 2. The van der Waals surface area contributed by atoms with Crippen molar-refractivity contribution in [3.63, 3.8) is 0 Å². The molecule has 2 aromatic rings. The smallest absolute Gasteiger partial charge is 0.166 e. The molecule has 0 aliphatic rings. The van der Waals surface area contributed by atoms with Crippen LogP contribution in [0.4, 0.5) is 26.3 Å². The Kier molecular flexibility index (Phi) is 6.22. The van der Waals surface area contributed by atoms with Gasteiger partial charge in [-0.05, 0) is 72.1 Å². The van der Waals surface area contributed by atoms with Crippen LogP contribution in [0.15, 0.2) is 30.3 Å². The molecule has 0 bridgehead atoms. The van der Waals surface area contributed by atoms with E-state index >= 15 is 0 Å². The van der Waals surface area contributed by atoms with Gasteiger partial charge in [0.15, 0.2) is 0 Å². The van der Waals surface area contributed by atoms with Gasteiger partial charge in [0.25, 0.3) is 0 Å². The summed E-state index contributed by atoms with van der Waals surface area (Å²) in [5, 5.41) is 0. The first-order valence-electron chi connectivity index (χ1n) is 9.10. The molecule has 0 aromatic heterocycles. The zero-order valence-electron chi connectivity index (χ0n) is 16.5. The highest BCUT2D eigenvalue weighted by Gasteiger charge is 2.36. The highest BCUT2D eigenvalue weighted by Crippen LogP contribution is 2.40. The van der Waals surface area contributed by atoms with Crippen LogP contribution >= 0.6 is 0 Å². The molecule has 28 heavy (non-hydrogen) atoms. The molecular formula is C22H24F6. The van der Waals surface area contributed by atoms with Gasteiger partial charge in [-0.15, -0.1) is 0 Å². The fourth-order valence-electron chi connectivity index (χ4n) is 3.82. The Balaban J connectivity index is 2.44. The maximum atomic E-state index is 13.7. The van der Waals surface area contributed by atoms with Crippen molar-refractivity contribution in [2.75, 3.05) is 0 Å². The van der Waals surface area contributed by atoms with Crippen molar-refractivity contribution in [2.45, 2.75) is 65.2 Å². The van der Waals surface area contributed by atoms with Gasteiger partial charge >= 0.3 is 12.4 Å². The summed E-state index contributed by atoms with van der Waals surface area (Å²) < 4.78 is 79.8. The molecule has 0 N–H and O–H groups in total. The van der Waals surface area contributed by atoms with E-state index in [9.17, 15) is 26.3 Å². The van der Waals surface area contributed by atoms with Crippen LogP contribution in [0, 0.1) is 13.8 Å². The summed E-state index contributed by atoms with van der Waals surface area (Å²) in [4.78, 5) is 0. The lowest BCUT2D eigenvalue weighted by Gasteiger charge is -2.23. The van der Waals surface area contributed by atoms with Crippen LogP contribution in [0.2, 0.25) is 0 Å². The van der Waals surface area contributed by atoms with Crippen LogP contribution < -0.4 is 0 Å². The van der Waals surface area contributed by atoms with Gasteiger partial charge < -0.3 is 0 Å². The van der Waals surface area contributed by atoms with Crippen molar-refractivity contribution >= 4 is 0 Å². The van der Waals surface area contributed by atoms with E-state index in [1.807, 2.05) is 13.8 Å². The number of hydrogen-bond acceptors (Lipinski definition) is 0. The van der Waals surface area contributed by atoms with Crippen LogP contribution in [0.25, 0.3) is 0 Å². The average molecular weight is 402 g/mol. The summed E-state index contributed by atoms with van der Waals surface area (Å²) in [6.07, 6.45) is -8.83. The third-order valence-electron chi connectivity index (χ3n) is 5.15. The first kappa shape index (κ1) is 22.3. The lowest BCUT2D eigenvalue weighted by molar-refractivity contribution is -0.139. The Morgan fingerprint density at radius 1 is 0.786 bits per heavy atom. The van der Waals surface area contributed by atoms with Gasteiger partial charge in [0.1, 0.15) is 0 Å². The number of rotatable bonds is 4. The third-order valence-corrected chi connectivity index (χ3v) is 5.15. The van der Waals surface area contributed by atoms with Crippen LogP contribution in [-0.2, 0) is 18.8 Å². The topological polar surface area (TPSA) is 0 Å². The van der Waals surface area contributed by atoms with Crippen LogP contribution in [0.5, 0.6) is 0 Å². The van der Waals surface area contributed by atoms with Crippen LogP contribution in [0.1, 0.15) is 71.6 Å². The van der Waals surface area contributed by atoms with Gasteiger partial charge in [-0.1, -0.05) is 39.0 Å². The zero-order chi connectivity index (χ0) is 21.4. The lowest BCUT2D eigenvalue weighted by Crippen LogP contribution is -2.15. The number of hydrogen-bond donors (Lipinski definition) is 0. The summed E-state index contributed by atoms with van der Waals surface area (Å²) in [5.74, 6) is -0.391. The van der Waals surface area contributed by atoms with E-state index in [1.54, 1.807) is 19.9 Å². The first-order valence-corrected chi connectivity index (χ1v) is 9.10. The molecule has 0 amide bonds. The molecule has 0 saturated heterocycles. The SMILES string of the molecule is Cc1cc(C(F)(F)F)ccc1C(C)Cc1ccc(C(C)C)c(C)c1C(F)(F)F. The van der Waals surface area contributed by atoms with E-state index in [1.165, 1.54) is 19.1 Å². The minimum Gasteiger partial charge on any atom is -0.166 e. The molecule has 2 aromatic carbocycles. The molecule has 1 unspecified atom stereocenters. The number of halogens is 6. The second-order valence-electron chi connectivity index (χ2n) is 7.64. The Hall–Kier alpha value is -1.98. The fourth-order valence-corrected chi connectivity index (χ4v) is 3.82. The van der Waals surface area contributed by atoms with Crippen LogP contribution in [0.3, 0.4) is 0 Å². The predicted octanol–water partition coefficient (Wildman–Crippen LogP) is 7.81. The Labute approximate surface area is 161 Å². The molecule has 0 spiro atoms. The van der Waals surface area contributed by atoms with Gasteiger partial charge in [0, 0.05) is 0 Å². The monoisotopic (exact) mass is 402 g/mol. The Morgan fingerprint density at radius 2 is 1.36 bits per heavy atom. The molecule has 0 saturated carbocycles. The summed E-state index contributed by atoms with van der Waals surface area (Å²) in [7, 11) is 0. The lowest BCUT2D eigenvalue weighted by atomic mass is 9.84. The van der Waals surface area contributed by atoms with E-state index in [0.29, 0.717) is 16.7 Å². The molecule has 0 fully saturated rings. The van der Waals surface area contributed by atoms with Gasteiger partial charge in [0.05, 0.1) is 11.1 Å². The first-order chi connectivity index (χ1) is 12.7. The maximum Gasteiger partial charge on any atom is 0.416 e. The van der Waals surface area contributed by atoms with Crippen molar-refractivity contribution < 1.29 is 26.3 Å². The van der Waals surface area contributed by atoms with Gasteiger partial charge in [-0.3, -0.25) is 0 Å². The predicted molar refractivity (Wildman–Crippen MR) is 98.6 cm³/mol. The van der Waals surface area contributed by atoms with Gasteiger partial charge in [0.2, 0.25) is 0 Å². The van der Waals surface area contributed by atoms with E-state index in [2.05, 4.69) is 0 Å². The number of aryl methyl sites for hydroxylation is 1. The van der Waals surface area contributed by atoms with Crippen molar-refractivity contribution in [3.05, 3.63) is 69.3 Å². The largest absolute Gasteiger partial charge is 0.416 e. The molecule has 0 aliphatic carbocycles. The van der Waals surface area contributed by atoms with E-state index in [0.717, 1.165) is 12.1 Å². The average Bonchev–Trinajstić information content (AvgIpc) is 2.52. The highest BCUT2D eigenvalue weighted by molar-refractivity contribution is 5.45. The maximum absolute atomic E-state index is 13.7. The van der Waals surface area contributed by atoms with E-state index in [-0.39, 0.29) is 29.4 Å². The Morgan fingerprint density at radius 3 is 1.82 bits per heavy atom. The second kappa shape index (κ2) is 7.80. The quantitative estimate of drug-likeness (QED) is 0.458. The summed E-state index contributed by atoms with van der Waals surface area (Å²) in [6, 6.07) is 6.61. The normalized spacial score (nSPS) is 13.9. The Bertz CT molecular complexity index is 843. The molecule has 154 valence electrons. The number of alkyl halides is 6. The van der Waals surface area contributed by atoms with E-state index in [4.69, 9.17) is 0 Å². The third kappa shape index (κ3) is 4.70. The summed E-state index contributed by atoms with van der Waals surface area (Å²) in [5.41, 5.74) is 0.689. The van der Waals surface area contributed by atoms with Crippen molar-refractivity contribution in [2.24, 2.45) is 0 Å². The highest BCUT2D eigenvalue weighted by atomic mass is 19.4. The van der Waals surface area contributed by atoms with Gasteiger partial charge in [-0.25, -0.2) is 0 Å². The zero-order valence-corrected chi connectivity index (χ0v) is 16.5. The molecule has 2 rings (SSSR count). The molecular weight excluding hydrogens is 378 g/mol. The van der Waals surface area contributed by atoms with Crippen molar-refractivity contribution in [1.29, 1.82) is 0 Å². The molecule has 0 radical (unpaired) electrons. The summed E-state index contributed by atoms with van der Waals surface area (Å²) >= 11 is 0. The minimum absolute atomic E-state index is 0.0373. The second-order valence-corrected chi connectivity index (χ2v) is 7.64. The van der Waals surface area contributed by atoms with Gasteiger partial charge in [-0.2, -0.15) is 26.3 Å². The van der Waals surface area contributed by atoms with E-state index < -0.39 is 23.5 Å². The molecule has 0 aliphatic heterocycles. The summed E-state index contributed by atoms with van der Waals surface area (Å²) in [6.45, 7) is 8.46. The standard InChI is InChI=1S/C22H24F6/c1-12(2)18-8-6-16(20(15(18)5)22(26,27)28)10-13(3)19-9-7-17(11-14(19)4)21(23,24)25/h6-9,11-13H,10H2,1-5H3.